The number of benzene rings is 1. The van der Waals surface area contributed by atoms with Crippen molar-refractivity contribution >= 4 is 16.9 Å². The summed E-state index contributed by atoms with van der Waals surface area (Å²) in [6, 6.07) is 8.22. The zero-order valence-electron chi connectivity index (χ0n) is 15.4. The summed E-state index contributed by atoms with van der Waals surface area (Å²) in [5.74, 6) is 0.484. The van der Waals surface area contributed by atoms with Crippen molar-refractivity contribution in [1.29, 1.82) is 0 Å². The fourth-order valence-electron chi connectivity index (χ4n) is 3.01. The molecule has 3 heterocycles. The molecule has 9 heteroatoms. The largest absolute Gasteiger partial charge is 0.459 e. The van der Waals surface area contributed by atoms with Gasteiger partial charge in [0, 0.05) is 12.1 Å². The van der Waals surface area contributed by atoms with Gasteiger partial charge in [-0.2, -0.15) is 4.98 Å². The van der Waals surface area contributed by atoms with E-state index in [4.69, 9.17) is 8.94 Å². The van der Waals surface area contributed by atoms with Crippen molar-refractivity contribution in [3.63, 3.8) is 0 Å². The lowest BCUT2D eigenvalue weighted by molar-refractivity contribution is 0.0904. The normalized spacial score (nSPS) is 12.4. The number of nitrogens with zero attached hydrogens (tertiary/aromatic N) is 3. The zero-order valence-corrected chi connectivity index (χ0v) is 15.4. The van der Waals surface area contributed by atoms with Crippen LogP contribution in [-0.2, 0) is 6.54 Å². The molecule has 4 rings (SSSR count). The number of hydrogen-bond donors (Lipinski definition) is 2. The summed E-state index contributed by atoms with van der Waals surface area (Å²) in [5, 5.41) is 6.73. The second-order valence-electron chi connectivity index (χ2n) is 6.44. The zero-order chi connectivity index (χ0) is 19.7. The molecular weight excluding hydrogens is 362 g/mol. The summed E-state index contributed by atoms with van der Waals surface area (Å²) in [4.78, 5) is 31.4. The Morgan fingerprint density at radius 3 is 2.96 bits per heavy atom. The van der Waals surface area contributed by atoms with Gasteiger partial charge in [0.2, 0.25) is 11.7 Å². The maximum atomic E-state index is 12.1. The highest BCUT2D eigenvalue weighted by atomic mass is 16.5. The van der Waals surface area contributed by atoms with Gasteiger partial charge in [-0.3, -0.25) is 9.36 Å². The molecule has 28 heavy (non-hydrogen) atoms. The van der Waals surface area contributed by atoms with Gasteiger partial charge in [-0.15, -0.1) is 0 Å². The predicted molar refractivity (Wildman–Crippen MR) is 101 cm³/mol. The number of aryl methyl sites for hydroxylation is 1. The molecule has 0 fully saturated rings. The fraction of sp³-hybridized carbons (Fsp3) is 0.263. The van der Waals surface area contributed by atoms with E-state index in [-0.39, 0.29) is 23.2 Å². The Balaban J connectivity index is 1.57. The monoisotopic (exact) mass is 381 g/mol. The summed E-state index contributed by atoms with van der Waals surface area (Å²) in [5.41, 5.74) is 2.11. The van der Waals surface area contributed by atoms with Crippen LogP contribution in [0, 0.1) is 0 Å². The average molecular weight is 381 g/mol. The van der Waals surface area contributed by atoms with E-state index in [1.54, 1.807) is 23.6 Å². The van der Waals surface area contributed by atoms with Crippen LogP contribution < -0.4 is 11.0 Å². The van der Waals surface area contributed by atoms with Gasteiger partial charge in [-0.25, -0.2) is 4.79 Å². The van der Waals surface area contributed by atoms with Gasteiger partial charge in [0.05, 0.1) is 17.3 Å². The molecule has 1 aromatic carbocycles. The van der Waals surface area contributed by atoms with Crippen LogP contribution in [0.15, 0.2) is 50.3 Å². The van der Waals surface area contributed by atoms with Crippen LogP contribution in [0.5, 0.6) is 0 Å². The molecule has 0 saturated heterocycles. The van der Waals surface area contributed by atoms with Crippen molar-refractivity contribution in [2.45, 2.75) is 32.9 Å². The fourth-order valence-corrected chi connectivity index (χ4v) is 3.01. The molecule has 0 radical (unpaired) electrons. The number of carbonyl (C=O) groups excluding carboxylic acids is 1. The van der Waals surface area contributed by atoms with Crippen molar-refractivity contribution < 1.29 is 13.7 Å². The minimum absolute atomic E-state index is 0.142. The summed E-state index contributed by atoms with van der Waals surface area (Å²) >= 11 is 0. The van der Waals surface area contributed by atoms with Crippen LogP contribution in [0.25, 0.3) is 22.4 Å². The first-order valence-corrected chi connectivity index (χ1v) is 8.97. The van der Waals surface area contributed by atoms with E-state index in [2.05, 4.69) is 20.4 Å². The lowest BCUT2D eigenvalue weighted by atomic mass is 10.2. The molecule has 0 bridgehead atoms. The number of nitrogens with one attached hydrogen (secondary N) is 2. The van der Waals surface area contributed by atoms with Crippen LogP contribution >= 0.6 is 0 Å². The lowest BCUT2D eigenvalue weighted by Gasteiger charge is -2.07. The van der Waals surface area contributed by atoms with Gasteiger partial charge in [-0.1, -0.05) is 12.1 Å². The Labute approximate surface area is 159 Å². The number of furan rings is 1. The summed E-state index contributed by atoms with van der Waals surface area (Å²) in [6.45, 7) is 4.41. The maximum Gasteiger partial charge on any atom is 0.326 e. The van der Waals surface area contributed by atoms with Crippen molar-refractivity contribution in [2.24, 2.45) is 0 Å². The highest BCUT2D eigenvalue weighted by Gasteiger charge is 2.19. The minimum Gasteiger partial charge on any atom is -0.459 e. The van der Waals surface area contributed by atoms with Gasteiger partial charge in [0.15, 0.2) is 5.76 Å². The first-order valence-electron chi connectivity index (χ1n) is 8.97. The van der Waals surface area contributed by atoms with Crippen LogP contribution in [-0.4, -0.2) is 25.6 Å². The third kappa shape index (κ3) is 3.22. The number of carbonyl (C=O) groups is 1. The van der Waals surface area contributed by atoms with Gasteiger partial charge in [-0.05, 0) is 43.7 Å². The lowest BCUT2D eigenvalue weighted by Crippen LogP contribution is -2.26. The number of fused-ring (bicyclic) bond motifs is 1. The van der Waals surface area contributed by atoms with E-state index < -0.39 is 6.04 Å². The van der Waals surface area contributed by atoms with Gasteiger partial charge in [0.1, 0.15) is 6.04 Å². The molecule has 0 aliphatic carbocycles. The molecule has 1 unspecified atom stereocenters. The van der Waals surface area contributed by atoms with E-state index >= 15 is 0 Å². The van der Waals surface area contributed by atoms with Gasteiger partial charge < -0.3 is 19.2 Å². The van der Waals surface area contributed by atoms with E-state index in [1.807, 2.05) is 25.1 Å². The first-order chi connectivity index (χ1) is 13.6. The topological polar surface area (TPSA) is 119 Å². The maximum absolute atomic E-state index is 12.1. The number of hydrogen-bond acceptors (Lipinski definition) is 6. The Morgan fingerprint density at radius 1 is 1.36 bits per heavy atom. The molecule has 1 amide bonds. The number of aromatic nitrogens is 4. The third-order valence-corrected chi connectivity index (χ3v) is 4.38. The molecule has 9 nitrogen and oxygen atoms in total. The molecule has 0 aliphatic rings. The van der Waals surface area contributed by atoms with Crippen LogP contribution in [0.1, 0.15) is 42.8 Å². The third-order valence-electron chi connectivity index (χ3n) is 4.38. The van der Waals surface area contributed by atoms with Crippen LogP contribution in [0.4, 0.5) is 0 Å². The van der Waals surface area contributed by atoms with E-state index in [9.17, 15) is 9.59 Å². The Kier molecular flexibility index (Phi) is 4.56. The molecule has 3 aromatic heterocycles. The molecule has 0 aliphatic heterocycles. The van der Waals surface area contributed by atoms with Crippen molar-refractivity contribution in [2.75, 3.05) is 0 Å². The number of H-pyrrole nitrogens is 1. The highest BCUT2D eigenvalue weighted by Crippen LogP contribution is 2.22. The summed E-state index contributed by atoms with van der Waals surface area (Å²) in [6.07, 6.45) is 2.29. The summed E-state index contributed by atoms with van der Waals surface area (Å²) in [7, 11) is 0. The van der Waals surface area contributed by atoms with Crippen molar-refractivity contribution in [1.82, 2.24) is 25.0 Å². The van der Waals surface area contributed by atoms with E-state index in [1.165, 1.54) is 6.26 Å². The highest BCUT2D eigenvalue weighted by molar-refractivity contribution is 5.91. The quantitative estimate of drug-likeness (QED) is 0.530. The number of aromatic amines is 1. The molecule has 144 valence electrons. The van der Waals surface area contributed by atoms with Crippen molar-refractivity contribution in [3.05, 3.63) is 58.7 Å². The molecular formula is C19H19N5O4. The standard InChI is InChI=1S/C19H19N5O4/c1-3-8-24-14-7-6-12(10-13(14)21-19(24)26)16-22-18(28-23-16)11(2)20-17(25)15-5-4-9-27-15/h4-7,9-11H,3,8H2,1-2H3,(H,20,25)(H,21,26). The Morgan fingerprint density at radius 2 is 2.21 bits per heavy atom. The average Bonchev–Trinajstić information content (AvgIpc) is 3.42. The minimum atomic E-state index is -0.493. The molecule has 0 saturated carbocycles. The number of imidazole rings is 1. The van der Waals surface area contributed by atoms with Gasteiger partial charge >= 0.3 is 5.69 Å². The second-order valence-corrected chi connectivity index (χ2v) is 6.44. The Hall–Kier alpha value is -3.62. The van der Waals surface area contributed by atoms with E-state index in [0.29, 0.717) is 23.4 Å². The molecule has 1 atom stereocenters. The number of rotatable bonds is 6. The number of amides is 1. The molecule has 2 N–H and O–H groups in total. The smallest absolute Gasteiger partial charge is 0.326 e. The van der Waals surface area contributed by atoms with E-state index in [0.717, 1.165) is 11.9 Å². The molecule has 4 aromatic rings. The summed E-state index contributed by atoms with van der Waals surface area (Å²) < 4.78 is 12.1. The van der Waals surface area contributed by atoms with Crippen LogP contribution in [0.3, 0.4) is 0 Å². The predicted octanol–water partition coefficient (Wildman–Crippen LogP) is 2.87. The second kappa shape index (κ2) is 7.18. The molecule has 0 spiro atoms. The SMILES string of the molecule is CCCn1c(=O)[nH]c2cc(-c3noc(C(C)NC(=O)c4ccco4)n3)ccc21. The van der Waals surface area contributed by atoms with Crippen molar-refractivity contribution in [3.8, 4) is 11.4 Å². The van der Waals surface area contributed by atoms with Gasteiger partial charge in [0.25, 0.3) is 5.91 Å². The Bertz CT molecular complexity index is 1170. The first kappa shape index (κ1) is 17.8. The van der Waals surface area contributed by atoms with Crippen LogP contribution in [0.2, 0.25) is 0 Å².